The minimum absolute atomic E-state index is 0.0318. The molecule has 0 spiro atoms. The van der Waals surface area contributed by atoms with Crippen molar-refractivity contribution in [3.05, 3.63) is 93.5 Å². The number of halogens is 1. The Labute approximate surface area is 226 Å². The summed E-state index contributed by atoms with van der Waals surface area (Å²) in [6.07, 6.45) is 2.35. The number of ether oxygens (including phenoxy) is 2. The van der Waals surface area contributed by atoms with E-state index in [2.05, 4.69) is 5.32 Å². The van der Waals surface area contributed by atoms with Crippen LogP contribution in [0.3, 0.4) is 0 Å². The van der Waals surface area contributed by atoms with Crippen molar-refractivity contribution in [3.8, 4) is 11.5 Å². The highest BCUT2D eigenvalue weighted by Gasteiger charge is 2.34. The predicted molar refractivity (Wildman–Crippen MR) is 150 cm³/mol. The van der Waals surface area contributed by atoms with Gasteiger partial charge in [0, 0.05) is 0 Å². The molecule has 3 aromatic rings. The number of rotatable bonds is 8. The van der Waals surface area contributed by atoms with Gasteiger partial charge in [0.2, 0.25) is 0 Å². The van der Waals surface area contributed by atoms with Crippen LogP contribution in [-0.4, -0.2) is 23.5 Å². The van der Waals surface area contributed by atoms with Crippen molar-refractivity contribution in [2.75, 3.05) is 11.5 Å². The molecule has 1 fully saturated rings. The molecule has 2 amide bonds. The third kappa shape index (κ3) is 6.01. The molecule has 3 aromatic carbocycles. The topological polar surface area (TPSA) is 67.9 Å². The summed E-state index contributed by atoms with van der Waals surface area (Å²) in [5.41, 5.74) is 4.28. The molecule has 1 heterocycles. The zero-order valence-corrected chi connectivity index (χ0v) is 22.4. The maximum atomic E-state index is 13.4. The van der Waals surface area contributed by atoms with E-state index >= 15 is 0 Å². The van der Waals surface area contributed by atoms with Crippen molar-refractivity contribution in [1.82, 2.24) is 5.32 Å². The summed E-state index contributed by atoms with van der Waals surface area (Å²) in [5.74, 6) is -0.289. The third-order valence-corrected chi connectivity index (χ3v) is 6.38. The molecule has 0 unspecified atom stereocenters. The van der Waals surface area contributed by atoms with Gasteiger partial charge >= 0.3 is 0 Å². The number of nitrogens with zero attached hydrogens (tertiary/aromatic N) is 1. The minimum atomic E-state index is -0.578. The summed E-state index contributed by atoms with van der Waals surface area (Å²) >= 11 is 11.9. The van der Waals surface area contributed by atoms with Crippen LogP contribution >= 0.6 is 23.8 Å². The Kier molecular flexibility index (Phi) is 8.26. The number of nitrogens with one attached hydrogen (secondary N) is 1. The molecule has 1 aliphatic heterocycles. The zero-order chi connectivity index (χ0) is 26.5. The Balaban J connectivity index is 1.65. The molecule has 0 radical (unpaired) electrons. The van der Waals surface area contributed by atoms with E-state index in [1.807, 2.05) is 69.3 Å². The molecule has 4 rings (SSSR count). The fourth-order valence-corrected chi connectivity index (χ4v) is 4.53. The van der Waals surface area contributed by atoms with Crippen LogP contribution in [0.5, 0.6) is 11.5 Å². The number of anilines is 1. The maximum absolute atomic E-state index is 13.4. The molecule has 0 aromatic heterocycles. The lowest BCUT2D eigenvalue weighted by atomic mass is 10.1. The number of benzene rings is 3. The van der Waals surface area contributed by atoms with Crippen molar-refractivity contribution in [2.24, 2.45) is 0 Å². The molecule has 37 heavy (non-hydrogen) atoms. The zero-order valence-electron chi connectivity index (χ0n) is 20.8. The van der Waals surface area contributed by atoms with Gasteiger partial charge in [0.25, 0.3) is 11.8 Å². The summed E-state index contributed by atoms with van der Waals surface area (Å²) in [4.78, 5) is 27.4. The Morgan fingerprint density at radius 3 is 2.43 bits per heavy atom. The molecule has 0 aliphatic carbocycles. The second kappa shape index (κ2) is 11.6. The first-order chi connectivity index (χ1) is 17.8. The summed E-state index contributed by atoms with van der Waals surface area (Å²) in [6.45, 7) is 6.61. The molecule has 0 saturated carbocycles. The largest absolute Gasteiger partial charge is 0.490 e. The van der Waals surface area contributed by atoms with Crippen LogP contribution in [0.2, 0.25) is 5.02 Å². The lowest BCUT2D eigenvalue weighted by molar-refractivity contribution is -0.122. The van der Waals surface area contributed by atoms with Crippen LogP contribution < -0.4 is 19.7 Å². The highest BCUT2D eigenvalue weighted by atomic mass is 35.5. The van der Waals surface area contributed by atoms with Gasteiger partial charge in [-0.3, -0.25) is 19.8 Å². The number of amides is 2. The summed E-state index contributed by atoms with van der Waals surface area (Å²) < 4.78 is 11.8. The van der Waals surface area contributed by atoms with Crippen molar-refractivity contribution < 1.29 is 19.1 Å². The van der Waals surface area contributed by atoms with Crippen LogP contribution in [0.4, 0.5) is 5.69 Å². The smallest absolute Gasteiger partial charge is 0.270 e. The highest BCUT2D eigenvalue weighted by molar-refractivity contribution is 7.80. The predicted octanol–water partition coefficient (Wildman–Crippen LogP) is 6.02. The van der Waals surface area contributed by atoms with E-state index in [1.165, 1.54) is 11.0 Å². The van der Waals surface area contributed by atoms with E-state index in [1.54, 1.807) is 12.1 Å². The normalized spacial score (nSPS) is 14.6. The van der Waals surface area contributed by atoms with Gasteiger partial charge in [-0.05, 0) is 79.5 Å². The van der Waals surface area contributed by atoms with Crippen LogP contribution in [0.1, 0.15) is 36.1 Å². The molecule has 8 heteroatoms. The Morgan fingerprint density at radius 2 is 1.76 bits per heavy atom. The van der Waals surface area contributed by atoms with Gasteiger partial charge in [0.05, 0.1) is 17.3 Å². The van der Waals surface area contributed by atoms with Gasteiger partial charge < -0.3 is 9.47 Å². The molecular weight excluding hydrogens is 508 g/mol. The standard InChI is InChI=1S/C29H27ClN2O4S/c1-4-19-9-11-22(12-10-19)32-28(34)23(27(33)31-29(32)37)14-21-15-24(30)26(25(16-21)35-5-2)36-17-20-8-6-7-18(3)13-20/h6-16H,4-5,17H2,1-3H3,(H,31,33,37)/b23-14+. The monoisotopic (exact) mass is 534 g/mol. The third-order valence-electron chi connectivity index (χ3n) is 5.81. The van der Waals surface area contributed by atoms with Crippen LogP contribution in [0.25, 0.3) is 6.08 Å². The van der Waals surface area contributed by atoms with Crippen molar-refractivity contribution in [2.45, 2.75) is 33.8 Å². The van der Waals surface area contributed by atoms with Gasteiger partial charge in [-0.1, -0.05) is 60.5 Å². The van der Waals surface area contributed by atoms with Crippen LogP contribution in [-0.2, 0) is 22.6 Å². The van der Waals surface area contributed by atoms with E-state index < -0.39 is 11.8 Å². The number of hydrogen-bond acceptors (Lipinski definition) is 5. The molecular formula is C29H27ClN2O4S. The first-order valence-corrected chi connectivity index (χ1v) is 12.7. The number of aryl methyl sites for hydroxylation is 2. The van der Waals surface area contributed by atoms with Crippen LogP contribution in [0, 0.1) is 6.92 Å². The molecule has 190 valence electrons. The first kappa shape index (κ1) is 26.4. The van der Waals surface area contributed by atoms with E-state index in [9.17, 15) is 9.59 Å². The second-order valence-electron chi connectivity index (χ2n) is 8.52. The van der Waals surface area contributed by atoms with Gasteiger partial charge in [-0.15, -0.1) is 0 Å². The maximum Gasteiger partial charge on any atom is 0.270 e. The summed E-state index contributed by atoms with van der Waals surface area (Å²) in [6, 6.07) is 18.8. The quantitative estimate of drug-likeness (QED) is 0.217. The molecule has 0 atom stereocenters. The molecule has 6 nitrogen and oxygen atoms in total. The van der Waals surface area contributed by atoms with Crippen LogP contribution in [0.15, 0.2) is 66.2 Å². The van der Waals surface area contributed by atoms with E-state index in [0.29, 0.717) is 41.0 Å². The first-order valence-electron chi connectivity index (χ1n) is 12.0. The molecule has 1 saturated heterocycles. The summed E-state index contributed by atoms with van der Waals surface area (Å²) in [7, 11) is 0. The highest BCUT2D eigenvalue weighted by Crippen LogP contribution is 2.38. The Morgan fingerprint density at radius 1 is 1.00 bits per heavy atom. The van der Waals surface area contributed by atoms with Gasteiger partial charge in [-0.25, -0.2) is 0 Å². The molecule has 1 aliphatic rings. The minimum Gasteiger partial charge on any atom is -0.490 e. The van der Waals surface area contributed by atoms with Gasteiger partial charge in [0.15, 0.2) is 16.6 Å². The van der Waals surface area contributed by atoms with E-state index in [0.717, 1.165) is 23.1 Å². The average molecular weight is 535 g/mol. The van der Waals surface area contributed by atoms with Gasteiger partial charge in [0.1, 0.15) is 12.2 Å². The average Bonchev–Trinajstić information content (AvgIpc) is 2.86. The lowest BCUT2D eigenvalue weighted by Crippen LogP contribution is -2.54. The van der Waals surface area contributed by atoms with E-state index in [-0.39, 0.29) is 10.7 Å². The fourth-order valence-electron chi connectivity index (χ4n) is 3.97. The Bertz CT molecular complexity index is 1390. The fraction of sp³-hybridized carbons (Fsp3) is 0.207. The number of carbonyl (C=O) groups is 2. The van der Waals surface area contributed by atoms with E-state index in [4.69, 9.17) is 33.3 Å². The van der Waals surface area contributed by atoms with Crippen molar-refractivity contribution in [3.63, 3.8) is 0 Å². The molecule has 0 bridgehead atoms. The van der Waals surface area contributed by atoms with Crippen molar-refractivity contribution in [1.29, 1.82) is 0 Å². The SMILES string of the molecule is CCOc1cc(/C=C2\C(=O)NC(=S)N(c3ccc(CC)cc3)C2=O)cc(Cl)c1OCc1cccc(C)c1. The lowest BCUT2D eigenvalue weighted by Gasteiger charge is -2.29. The summed E-state index contributed by atoms with van der Waals surface area (Å²) in [5, 5.41) is 2.94. The number of carbonyl (C=O) groups excluding carboxylic acids is 2. The van der Waals surface area contributed by atoms with Crippen molar-refractivity contribution >= 4 is 52.5 Å². The Hall–Kier alpha value is -3.68. The van der Waals surface area contributed by atoms with Gasteiger partial charge in [-0.2, -0.15) is 0 Å². The second-order valence-corrected chi connectivity index (χ2v) is 9.31. The number of hydrogen-bond donors (Lipinski definition) is 1. The number of thiocarbonyl (C=S) groups is 1. The molecule has 1 N–H and O–H groups in total.